The van der Waals surface area contributed by atoms with Crippen LogP contribution in [0.2, 0.25) is 0 Å². The van der Waals surface area contributed by atoms with Gasteiger partial charge < -0.3 is 19.7 Å². The summed E-state index contributed by atoms with van der Waals surface area (Å²) < 4.78 is 10.5. The van der Waals surface area contributed by atoms with E-state index in [-0.39, 0.29) is 19.2 Å². The van der Waals surface area contributed by atoms with Gasteiger partial charge in [-0.3, -0.25) is 19.8 Å². The van der Waals surface area contributed by atoms with Gasteiger partial charge in [0, 0.05) is 37.9 Å². The first-order chi connectivity index (χ1) is 15.5. The second-order valence-corrected chi connectivity index (χ2v) is 7.89. The van der Waals surface area contributed by atoms with E-state index in [2.05, 4.69) is 10.6 Å². The molecule has 4 rings (SSSR count). The zero-order valence-electron chi connectivity index (χ0n) is 17.9. The Morgan fingerprint density at radius 3 is 2.41 bits per heavy atom. The lowest BCUT2D eigenvalue weighted by Crippen LogP contribution is -2.52. The Morgan fingerprint density at radius 1 is 0.938 bits per heavy atom. The summed E-state index contributed by atoms with van der Waals surface area (Å²) in [6.07, 6.45) is 0.376. The van der Waals surface area contributed by atoms with E-state index in [9.17, 15) is 14.4 Å². The Morgan fingerprint density at radius 2 is 1.66 bits per heavy atom. The molecule has 1 saturated heterocycles. The monoisotopic (exact) mass is 438 g/mol. The van der Waals surface area contributed by atoms with Gasteiger partial charge in [0.1, 0.15) is 0 Å². The molecule has 2 N–H and O–H groups in total. The van der Waals surface area contributed by atoms with Gasteiger partial charge in [-0.05, 0) is 24.6 Å². The Balaban J connectivity index is 1.18. The minimum absolute atomic E-state index is 0.0843. The molecule has 4 amide bonds. The van der Waals surface area contributed by atoms with Crippen LogP contribution in [0, 0.1) is 6.92 Å². The molecule has 2 aliphatic rings. The number of carbonyl (C=O) groups is 3. The highest BCUT2D eigenvalue weighted by Crippen LogP contribution is 2.34. The van der Waals surface area contributed by atoms with Crippen LogP contribution in [0.4, 0.5) is 10.5 Å². The van der Waals surface area contributed by atoms with E-state index < -0.39 is 11.9 Å². The first kappa shape index (κ1) is 21.6. The molecule has 0 aromatic heterocycles. The molecule has 32 heavy (non-hydrogen) atoms. The number of imide groups is 1. The molecule has 0 aliphatic carbocycles. The van der Waals surface area contributed by atoms with Crippen molar-refractivity contribution in [1.29, 1.82) is 0 Å². The number of urea groups is 1. The smallest absolute Gasteiger partial charge is 0.325 e. The Hall–Kier alpha value is -3.59. The van der Waals surface area contributed by atoms with Crippen molar-refractivity contribution in [3.63, 3.8) is 0 Å². The highest BCUT2D eigenvalue weighted by Gasteiger charge is 2.23. The minimum atomic E-state index is -0.610. The number of fused-ring (bicyclic) bond motifs is 1. The number of benzene rings is 2. The number of carbonyl (C=O) groups excluding carboxylic acids is 3. The van der Waals surface area contributed by atoms with E-state index >= 15 is 0 Å². The molecule has 0 unspecified atom stereocenters. The first-order valence-electron chi connectivity index (χ1n) is 10.5. The van der Waals surface area contributed by atoms with Crippen molar-refractivity contribution >= 4 is 23.5 Å². The maximum atomic E-state index is 12.5. The van der Waals surface area contributed by atoms with Gasteiger partial charge in [-0.15, -0.1) is 0 Å². The van der Waals surface area contributed by atoms with Gasteiger partial charge in [0.05, 0.1) is 13.0 Å². The summed E-state index contributed by atoms with van der Waals surface area (Å²) in [5.41, 5.74) is 2.66. The Labute approximate surface area is 186 Å². The number of piperazine rings is 1. The lowest BCUT2D eigenvalue weighted by molar-refractivity contribution is -0.132. The van der Waals surface area contributed by atoms with Crippen LogP contribution in [0.1, 0.15) is 11.1 Å². The second kappa shape index (κ2) is 9.69. The third-order valence-corrected chi connectivity index (χ3v) is 5.45. The summed E-state index contributed by atoms with van der Waals surface area (Å²) in [6.45, 7) is 4.53. The van der Waals surface area contributed by atoms with Gasteiger partial charge in [0.2, 0.25) is 18.6 Å². The number of nitrogens with one attached hydrogen (secondary N) is 2. The highest BCUT2D eigenvalue weighted by atomic mass is 16.7. The number of rotatable bonds is 5. The lowest BCUT2D eigenvalue weighted by Gasteiger charge is -2.34. The quantitative estimate of drug-likeness (QED) is 0.738. The molecular weight excluding hydrogens is 412 g/mol. The van der Waals surface area contributed by atoms with Gasteiger partial charge >= 0.3 is 6.03 Å². The number of nitrogens with zero attached hydrogens (tertiary/aromatic N) is 2. The molecular formula is C23H26N4O5. The zero-order chi connectivity index (χ0) is 22.5. The maximum absolute atomic E-state index is 12.5. The highest BCUT2D eigenvalue weighted by molar-refractivity contribution is 6.01. The van der Waals surface area contributed by atoms with Gasteiger partial charge in [-0.1, -0.05) is 29.8 Å². The summed E-state index contributed by atoms with van der Waals surface area (Å²) in [5, 5.41) is 4.94. The molecule has 2 aromatic rings. The number of hydrogen-bond acceptors (Lipinski definition) is 6. The van der Waals surface area contributed by atoms with E-state index in [0.717, 1.165) is 11.1 Å². The van der Waals surface area contributed by atoms with Crippen LogP contribution in [0.3, 0.4) is 0 Å². The number of aryl methyl sites for hydroxylation is 1. The number of ether oxygens (including phenoxy) is 2. The van der Waals surface area contributed by atoms with Crippen molar-refractivity contribution in [2.24, 2.45) is 0 Å². The summed E-state index contributed by atoms with van der Waals surface area (Å²) >= 11 is 0. The minimum Gasteiger partial charge on any atom is -0.454 e. The number of anilines is 1. The summed E-state index contributed by atoms with van der Waals surface area (Å²) in [7, 11) is 0. The summed E-state index contributed by atoms with van der Waals surface area (Å²) in [6, 6.07) is 12.3. The summed E-state index contributed by atoms with van der Waals surface area (Å²) in [5.74, 6) is 0.844. The molecule has 2 aromatic carbocycles. The number of amides is 4. The standard InChI is InChI=1S/C23H26N4O5/c1-16-2-4-17(5-3-16)12-22(29)27-10-8-26(9-11-27)14-21(28)25-23(30)24-18-6-7-19-20(13-18)32-15-31-19/h2-7,13H,8-12,14-15H2,1H3,(H2,24,25,28,30). The molecule has 0 bridgehead atoms. The van der Waals surface area contributed by atoms with Crippen molar-refractivity contribution in [2.45, 2.75) is 13.3 Å². The van der Waals surface area contributed by atoms with Crippen molar-refractivity contribution in [3.05, 3.63) is 53.6 Å². The van der Waals surface area contributed by atoms with Gasteiger partial charge in [0.25, 0.3) is 0 Å². The van der Waals surface area contributed by atoms with Crippen molar-refractivity contribution in [1.82, 2.24) is 15.1 Å². The van der Waals surface area contributed by atoms with Crippen molar-refractivity contribution in [2.75, 3.05) is 44.8 Å². The van der Waals surface area contributed by atoms with Gasteiger partial charge in [-0.25, -0.2) is 4.79 Å². The van der Waals surface area contributed by atoms with E-state index in [1.54, 1.807) is 18.2 Å². The predicted octanol–water partition coefficient (Wildman–Crippen LogP) is 1.76. The van der Waals surface area contributed by atoms with Crippen LogP contribution in [-0.2, 0) is 16.0 Å². The molecule has 9 nitrogen and oxygen atoms in total. The number of hydrogen-bond donors (Lipinski definition) is 2. The fraction of sp³-hybridized carbons (Fsp3) is 0.348. The van der Waals surface area contributed by atoms with Gasteiger partial charge in [-0.2, -0.15) is 0 Å². The summed E-state index contributed by atoms with van der Waals surface area (Å²) in [4.78, 5) is 40.6. The molecule has 0 spiro atoms. The molecule has 0 radical (unpaired) electrons. The molecule has 0 saturated carbocycles. The van der Waals surface area contributed by atoms with E-state index in [0.29, 0.717) is 49.8 Å². The van der Waals surface area contributed by atoms with Crippen LogP contribution in [0.25, 0.3) is 0 Å². The van der Waals surface area contributed by atoms with Crippen molar-refractivity contribution < 1.29 is 23.9 Å². The van der Waals surface area contributed by atoms with Crippen molar-refractivity contribution in [3.8, 4) is 11.5 Å². The van der Waals surface area contributed by atoms with Crippen LogP contribution in [0.5, 0.6) is 11.5 Å². The Kier molecular flexibility index (Phi) is 6.55. The fourth-order valence-corrected chi connectivity index (χ4v) is 3.65. The second-order valence-electron chi connectivity index (χ2n) is 7.89. The molecule has 168 valence electrons. The van der Waals surface area contributed by atoms with E-state index in [1.807, 2.05) is 41.0 Å². The molecule has 0 atom stereocenters. The normalized spacial score (nSPS) is 15.3. The average Bonchev–Trinajstić information content (AvgIpc) is 3.23. The third-order valence-electron chi connectivity index (χ3n) is 5.45. The molecule has 9 heteroatoms. The SMILES string of the molecule is Cc1ccc(CC(=O)N2CCN(CC(=O)NC(=O)Nc3ccc4c(c3)OCO4)CC2)cc1. The fourth-order valence-electron chi connectivity index (χ4n) is 3.65. The van der Waals surface area contributed by atoms with E-state index in [4.69, 9.17) is 9.47 Å². The van der Waals surface area contributed by atoms with Crippen LogP contribution >= 0.6 is 0 Å². The van der Waals surface area contributed by atoms with E-state index in [1.165, 1.54) is 0 Å². The van der Waals surface area contributed by atoms with Gasteiger partial charge in [0.15, 0.2) is 11.5 Å². The lowest BCUT2D eigenvalue weighted by atomic mass is 10.1. The first-order valence-corrected chi connectivity index (χ1v) is 10.5. The predicted molar refractivity (Wildman–Crippen MR) is 118 cm³/mol. The largest absolute Gasteiger partial charge is 0.454 e. The average molecular weight is 438 g/mol. The zero-order valence-corrected chi connectivity index (χ0v) is 17.9. The van der Waals surface area contributed by atoms with Crippen LogP contribution in [0.15, 0.2) is 42.5 Å². The maximum Gasteiger partial charge on any atom is 0.325 e. The Bertz CT molecular complexity index is 1000. The molecule has 2 heterocycles. The molecule has 2 aliphatic heterocycles. The van der Waals surface area contributed by atoms with Crippen LogP contribution in [-0.4, -0.2) is 67.2 Å². The third kappa shape index (κ3) is 5.55. The topological polar surface area (TPSA) is 100 Å². The van der Waals surface area contributed by atoms with Crippen LogP contribution < -0.4 is 20.1 Å². The molecule has 1 fully saturated rings.